The molecule has 2 aromatic rings. The van der Waals surface area contributed by atoms with Gasteiger partial charge in [-0.25, -0.2) is 9.78 Å². The molecule has 0 aliphatic carbocycles. The van der Waals surface area contributed by atoms with Crippen LogP contribution in [0.15, 0.2) is 27.5 Å². The first-order valence-electron chi connectivity index (χ1n) is 4.62. The minimum absolute atomic E-state index is 0.0344. The van der Waals surface area contributed by atoms with Crippen LogP contribution >= 0.6 is 0 Å². The molecule has 15 heavy (non-hydrogen) atoms. The lowest BCUT2D eigenvalue weighted by atomic mass is 10.3. The number of aromatic nitrogens is 2. The lowest BCUT2D eigenvalue weighted by Crippen LogP contribution is -2.16. The zero-order chi connectivity index (χ0) is 10.8. The van der Waals surface area contributed by atoms with Crippen LogP contribution < -0.4 is 5.76 Å². The Hall–Kier alpha value is -1.91. The normalized spacial score (nSPS) is 10.7. The van der Waals surface area contributed by atoms with Gasteiger partial charge in [0.2, 0.25) is 0 Å². The first-order chi connectivity index (χ1) is 7.18. The highest BCUT2D eigenvalue weighted by Crippen LogP contribution is 2.08. The molecule has 0 N–H and O–H groups in total. The van der Waals surface area contributed by atoms with E-state index in [1.165, 1.54) is 11.5 Å². The largest absolute Gasteiger partial charge is 0.421 e. The van der Waals surface area contributed by atoms with Gasteiger partial charge in [-0.3, -0.25) is 9.36 Å². The number of hydrogen-bond acceptors (Lipinski definition) is 4. The van der Waals surface area contributed by atoms with Gasteiger partial charge < -0.3 is 4.42 Å². The molecule has 2 heterocycles. The molecule has 0 aliphatic heterocycles. The minimum Gasteiger partial charge on any atom is -0.406 e. The first-order valence-corrected chi connectivity index (χ1v) is 4.62. The summed E-state index contributed by atoms with van der Waals surface area (Å²) in [6.07, 6.45) is 1.90. The Bertz CT molecular complexity index is 553. The maximum atomic E-state index is 11.4. The molecule has 0 unspecified atom stereocenters. The van der Waals surface area contributed by atoms with Crippen molar-refractivity contribution in [2.45, 2.75) is 19.9 Å². The van der Waals surface area contributed by atoms with Crippen molar-refractivity contribution >= 4 is 17.0 Å². The van der Waals surface area contributed by atoms with Crippen LogP contribution in [0.1, 0.15) is 13.3 Å². The molecule has 0 saturated carbocycles. The highest BCUT2D eigenvalue weighted by atomic mass is 16.4. The van der Waals surface area contributed by atoms with Crippen LogP contribution in [0.2, 0.25) is 0 Å². The molecule has 0 spiro atoms. The van der Waals surface area contributed by atoms with Gasteiger partial charge in [-0.15, -0.1) is 0 Å². The van der Waals surface area contributed by atoms with Gasteiger partial charge in [0.25, 0.3) is 0 Å². The van der Waals surface area contributed by atoms with E-state index in [9.17, 15) is 9.59 Å². The summed E-state index contributed by atoms with van der Waals surface area (Å²) in [5, 5.41) is 0. The number of ketones is 1. The van der Waals surface area contributed by atoms with Gasteiger partial charge in [-0.2, -0.15) is 0 Å². The zero-order valence-corrected chi connectivity index (χ0v) is 8.27. The van der Waals surface area contributed by atoms with E-state index < -0.39 is 5.76 Å². The Morgan fingerprint density at radius 2 is 2.40 bits per heavy atom. The van der Waals surface area contributed by atoms with Gasteiger partial charge in [-0.05, 0) is 19.1 Å². The number of pyridine rings is 1. The third-order valence-corrected chi connectivity index (χ3v) is 2.11. The summed E-state index contributed by atoms with van der Waals surface area (Å²) >= 11 is 0. The summed E-state index contributed by atoms with van der Waals surface area (Å²) in [4.78, 5) is 26.3. The predicted molar refractivity (Wildman–Crippen MR) is 53.6 cm³/mol. The van der Waals surface area contributed by atoms with Crippen molar-refractivity contribution < 1.29 is 9.21 Å². The molecule has 5 heteroatoms. The van der Waals surface area contributed by atoms with Crippen LogP contribution in [0.4, 0.5) is 0 Å². The van der Waals surface area contributed by atoms with Gasteiger partial charge >= 0.3 is 5.76 Å². The standard InChI is InChI=1S/C10H10N2O3/c1-7(13)4-6-12-9-8(15-10(12)14)3-2-5-11-9/h2-3,5H,4,6H2,1H3. The number of carbonyl (C=O) groups excluding carboxylic acids is 1. The second kappa shape index (κ2) is 3.68. The van der Waals surface area contributed by atoms with E-state index in [0.717, 1.165) is 0 Å². The van der Waals surface area contributed by atoms with Crippen LogP contribution in [0, 0.1) is 0 Å². The minimum atomic E-state index is -0.468. The Morgan fingerprint density at radius 1 is 1.60 bits per heavy atom. The fraction of sp³-hybridized carbons (Fsp3) is 0.300. The van der Waals surface area contributed by atoms with Crippen molar-refractivity contribution in [1.82, 2.24) is 9.55 Å². The fourth-order valence-corrected chi connectivity index (χ4v) is 1.37. The van der Waals surface area contributed by atoms with Crippen LogP contribution in [0.3, 0.4) is 0 Å². The molecule has 0 saturated heterocycles. The van der Waals surface area contributed by atoms with E-state index in [1.807, 2.05) is 0 Å². The van der Waals surface area contributed by atoms with Gasteiger partial charge in [0, 0.05) is 19.2 Å². The molecule has 0 atom stereocenters. The van der Waals surface area contributed by atoms with Crippen molar-refractivity contribution in [1.29, 1.82) is 0 Å². The number of fused-ring (bicyclic) bond motifs is 1. The average molecular weight is 206 g/mol. The van der Waals surface area contributed by atoms with Crippen molar-refractivity contribution in [3.63, 3.8) is 0 Å². The number of Topliss-reactive ketones (excluding diaryl/α,β-unsaturated/α-hetero) is 1. The maximum Gasteiger partial charge on any atom is 0.421 e. The molecule has 0 fully saturated rings. The third kappa shape index (κ3) is 1.81. The van der Waals surface area contributed by atoms with Crippen LogP contribution in [0.25, 0.3) is 11.2 Å². The third-order valence-electron chi connectivity index (χ3n) is 2.11. The summed E-state index contributed by atoms with van der Waals surface area (Å²) in [5.41, 5.74) is 0.940. The lowest BCUT2D eigenvalue weighted by Gasteiger charge is -1.97. The van der Waals surface area contributed by atoms with Crippen molar-refractivity contribution in [2.24, 2.45) is 0 Å². The molecule has 5 nitrogen and oxygen atoms in total. The Labute approximate surface area is 85.3 Å². The van der Waals surface area contributed by atoms with Crippen molar-refractivity contribution in [2.75, 3.05) is 0 Å². The SMILES string of the molecule is CC(=O)CCn1c(=O)oc2cccnc21. The topological polar surface area (TPSA) is 65.1 Å². The second-order valence-corrected chi connectivity index (χ2v) is 3.30. The Kier molecular flexibility index (Phi) is 2.37. The zero-order valence-electron chi connectivity index (χ0n) is 8.27. The molecular formula is C10H10N2O3. The number of aryl methyl sites for hydroxylation is 1. The quantitative estimate of drug-likeness (QED) is 0.750. The van der Waals surface area contributed by atoms with Gasteiger partial charge in [-0.1, -0.05) is 0 Å². The highest BCUT2D eigenvalue weighted by Gasteiger charge is 2.09. The molecule has 0 amide bonds. The molecule has 2 rings (SSSR count). The van der Waals surface area contributed by atoms with E-state index in [1.54, 1.807) is 18.3 Å². The maximum absolute atomic E-state index is 11.4. The molecular weight excluding hydrogens is 196 g/mol. The summed E-state index contributed by atoms with van der Waals surface area (Å²) in [6, 6.07) is 3.37. The number of rotatable bonds is 3. The molecule has 0 bridgehead atoms. The Balaban J connectivity index is 2.45. The molecule has 0 radical (unpaired) electrons. The number of carbonyl (C=O) groups is 1. The number of hydrogen-bond donors (Lipinski definition) is 0. The van der Waals surface area contributed by atoms with E-state index in [-0.39, 0.29) is 5.78 Å². The van der Waals surface area contributed by atoms with Crippen LogP contribution in [-0.4, -0.2) is 15.3 Å². The van der Waals surface area contributed by atoms with E-state index in [0.29, 0.717) is 24.2 Å². The van der Waals surface area contributed by atoms with E-state index in [4.69, 9.17) is 4.42 Å². The van der Waals surface area contributed by atoms with Gasteiger partial charge in [0.05, 0.1) is 0 Å². The van der Waals surface area contributed by atoms with Crippen LogP contribution in [0.5, 0.6) is 0 Å². The Morgan fingerprint density at radius 3 is 3.13 bits per heavy atom. The predicted octanol–water partition coefficient (Wildman–Crippen LogP) is 0.969. The average Bonchev–Trinajstić information content (AvgIpc) is 2.50. The summed E-state index contributed by atoms with van der Waals surface area (Å²) in [7, 11) is 0. The molecule has 78 valence electrons. The fourth-order valence-electron chi connectivity index (χ4n) is 1.37. The number of nitrogens with zero attached hydrogens (tertiary/aromatic N) is 2. The smallest absolute Gasteiger partial charge is 0.406 e. The lowest BCUT2D eigenvalue weighted by molar-refractivity contribution is -0.117. The van der Waals surface area contributed by atoms with Crippen LogP contribution in [-0.2, 0) is 11.3 Å². The summed E-state index contributed by atoms with van der Waals surface area (Å²) in [6.45, 7) is 1.80. The van der Waals surface area contributed by atoms with Gasteiger partial charge in [0.1, 0.15) is 5.78 Å². The highest BCUT2D eigenvalue weighted by molar-refractivity contribution is 5.75. The molecule has 0 aromatic carbocycles. The van der Waals surface area contributed by atoms with Crippen molar-refractivity contribution in [3.8, 4) is 0 Å². The molecule has 0 aliphatic rings. The van der Waals surface area contributed by atoms with E-state index in [2.05, 4.69) is 4.98 Å². The van der Waals surface area contributed by atoms with Crippen molar-refractivity contribution in [3.05, 3.63) is 28.9 Å². The molecule has 2 aromatic heterocycles. The monoisotopic (exact) mass is 206 g/mol. The number of oxazole rings is 1. The van der Waals surface area contributed by atoms with Gasteiger partial charge in [0.15, 0.2) is 11.2 Å². The first kappa shape index (κ1) is 9.64. The summed E-state index contributed by atoms with van der Waals surface area (Å²) in [5.74, 6) is -0.433. The van der Waals surface area contributed by atoms with E-state index >= 15 is 0 Å². The second-order valence-electron chi connectivity index (χ2n) is 3.30. The summed E-state index contributed by atoms with van der Waals surface area (Å²) < 4.78 is 6.34.